The van der Waals surface area contributed by atoms with E-state index in [-0.39, 0.29) is 0 Å². The average Bonchev–Trinajstić information content (AvgIpc) is 2.07. The summed E-state index contributed by atoms with van der Waals surface area (Å²) >= 11 is 0. The zero-order valence-corrected chi connectivity index (χ0v) is 10.4. The fourth-order valence-corrected chi connectivity index (χ4v) is 2.56. The Morgan fingerprint density at radius 2 is 1.71 bits per heavy atom. The number of hydrogen-bond acceptors (Lipinski definition) is 1. The van der Waals surface area contributed by atoms with E-state index in [1.807, 2.05) is 0 Å². The van der Waals surface area contributed by atoms with E-state index in [1.165, 1.54) is 38.9 Å². The van der Waals surface area contributed by atoms with Crippen LogP contribution < -0.4 is 0 Å². The lowest BCUT2D eigenvalue weighted by Crippen LogP contribution is -2.36. The number of likely N-dealkylation sites (tertiary alicyclic amines) is 1. The summed E-state index contributed by atoms with van der Waals surface area (Å²) in [6.07, 6.45) is 4.20. The summed E-state index contributed by atoms with van der Waals surface area (Å²) in [5, 5.41) is 0. The van der Waals surface area contributed by atoms with Crippen LogP contribution >= 0.6 is 0 Å². The molecule has 1 fully saturated rings. The maximum absolute atomic E-state index is 2.66. The molecule has 0 aliphatic carbocycles. The Labute approximate surface area is 89.9 Å². The predicted octanol–water partition coefficient (Wildman–Crippen LogP) is 3.40. The molecule has 1 aliphatic heterocycles. The molecule has 0 bridgehead atoms. The first-order valence-electron chi connectivity index (χ1n) is 6.30. The van der Waals surface area contributed by atoms with Gasteiger partial charge in [0.2, 0.25) is 0 Å². The lowest BCUT2D eigenvalue weighted by molar-refractivity contribution is 0.163. The smallest absolute Gasteiger partial charge is 0.000712 e. The average molecular weight is 197 g/mol. The van der Waals surface area contributed by atoms with E-state index >= 15 is 0 Å². The van der Waals surface area contributed by atoms with Crippen molar-refractivity contribution < 1.29 is 0 Å². The number of rotatable bonds is 4. The maximum Gasteiger partial charge on any atom is 0.000712 e. The van der Waals surface area contributed by atoms with Gasteiger partial charge in [0.15, 0.2) is 0 Å². The molecule has 0 aromatic heterocycles. The third-order valence-electron chi connectivity index (χ3n) is 3.32. The van der Waals surface area contributed by atoms with E-state index in [0.29, 0.717) is 0 Å². The topological polar surface area (TPSA) is 3.24 Å². The van der Waals surface area contributed by atoms with E-state index in [0.717, 1.165) is 17.8 Å². The highest BCUT2D eigenvalue weighted by Gasteiger charge is 2.17. The quantitative estimate of drug-likeness (QED) is 0.667. The number of nitrogens with zero attached hydrogens (tertiary/aromatic N) is 1. The van der Waals surface area contributed by atoms with Crippen molar-refractivity contribution in [3.05, 3.63) is 0 Å². The Kier molecular flexibility index (Phi) is 4.94. The van der Waals surface area contributed by atoms with E-state index in [2.05, 4.69) is 32.6 Å². The third-order valence-corrected chi connectivity index (χ3v) is 3.32. The van der Waals surface area contributed by atoms with Crippen LogP contribution in [0.4, 0.5) is 0 Å². The van der Waals surface area contributed by atoms with Gasteiger partial charge in [0.1, 0.15) is 0 Å². The molecule has 0 radical (unpaired) electrons. The van der Waals surface area contributed by atoms with Crippen molar-refractivity contribution in [2.45, 2.75) is 47.0 Å². The minimum Gasteiger partial charge on any atom is -0.303 e. The highest BCUT2D eigenvalue weighted by Crippen LogP contribution is 2.19. The van der Waals surface area contributed by atoms with Crippen molar-refractivity contribution in [1.29, 1.82) is 0 Å². The van der Waals surface area contributed by atoms with Crippen LogP contribution in [-0.4, -0.2) is 24.5 Å². The predicted molar refractivity (Wildman–Crippen MR) is 63.5 cm³/mol. The van der Waals surface area contributed by atoms with E-state index in [4.69, 9.17) is 0 Å². The summed E-state index contributed by atoms with van der Waals surface area (Å²) in [5.74, 6) is 2.70. The SMILES string of the molecule is CC(C)CC(C)CN1CCC(C)CC1. The van der Waals surface area contributed by atoms with Crippen LogP contribution in [-0.2, 0) is 0 Å². The van der Waals surface area contributed by atoms with Crippen LogP contribution in [0.1, 0.15) is 47.0 Å². The minimum atomic E-state index is 0.855. The maximum atomic E-state index is 2.66. The summed E-state index contributed by atoms with van der Waals surface area (Å²) in [5.41, 5.74) is 0. The summed E-state index contributed by atoms with van der Waals surface area (Å²) < 4.78 is 0. The lowest BCUT2D eigenvalue weighted by Gasteiger charge is -2.32. The fraction of sp³-hybridized carbons (Fsp3) is 1.00. The number of hydrogen-bond donors (Lipinski definition) is 0. The van der Waals surface area contributed by atoms with E-state index in [9.17, 15) is 0 Å². The molecule has 0 amide bonds. The Hall–Kier alpha value is -0.0400. The summed E-state index contributed by atoms with van der Waals surface area (Å²) in [7, 11) is 0. The van der Waals surface area contributed by atoms with Crippen LogP contribution in [0.15, 0.2) is 0 Å². The summed E-state index contributed by atoms with van der Waals surface area (Å²) in [6, 6.07) is 0. The zero-order chi connectivity index (χ0) is 10.6. The van der Waals surface area contributed by atoms with Crippen LogP contribution in [0.2, 0.25) is 0 Å². The molecular formula is C13H27N. The van der Waals surface area contributed by atoms with Crippen molar-refractivity contribution in [2.24, 2.45) is 17.8 Å². The molecule has 1 rings (SSSR count). The van der Waals surface area contributed by atoms with Crippen molar-refractivity contribution in [3.63, 3.8) is 0 Å². The van der Waals surface area contributed by atoms with Crippen molar-refractivity contribution in [1.82, 2.24) is 4.90 Å². The van der Waals surface area contributed by atoms with Gasteiger partial charge in [-0.25, -0.2) is 0 Å². The van der Waals surface area contributed by atoms with Crippen molar-refractivity contribution >= 4 is 0 Å². The fourth-order valence-electron chi connectivity index (χ4n) is 2.56. The molecule has 1 unspecified atom stereocenters. The third kappa shape index (κ3) is 4.45. The monoisotopic (exact) mass is 197 g/mol. The largest absolute Gasteiger partial charge is 0.303 e. The second kappa shape index (κ2) is 5.75. The molecule has 0 saturated carbocycles. The van der Waals surface area contributed by atoms with Gasteiger partial charge in [0.05, 0.1) is 0 Å². The van der Waals surface area contributed by atoms with Crippen LogP contribution in [0.3, 0.4) is 0 Å². The highest BCUT2D eigenvalue weighted by atomic mass is 15.1. The second-order valence-corrected chi connectivity index (χ2v) is 5.72. The minimum absolute atomic E-state index is 0.855. The first-order chi connectivity index (χ1) is 6.58. The molecular weight excluding hydrogens is 170 g/mol. The molecule has 0 aromatic carbocycles. The molecule has 1 atom stereocenters. The van der Waals surface area contributed by atoms with Crippen molar-refractivity contribution in [3.8, 4) is 0 Å². The van der Waals surface area contributed by atoms with Gasteiger partial charge in [-0.2, -0.15) is 0 Å². The van der Waals surface area contributed by atoms with Gasteiger partial charge >= 0.3 is 0 Å². The first kappa shape index (κ1) is 12.0. The lowest BCUT2D eigenvalue weighted by atomic mass is 9.95. The molecule has 84 valence electrons. The standard InChI is InChI=1S/C13H27N/c1-11(2)9-13(4)10-14-7-5-12(3)6-8-14/h11-13H,5-10H2,1-4H3. The molecule has 1 heterocycles. The molecule has 1 heteroatoms. The Morgan fingerprint density at radius 1 is 1.14 bits per heavy atom. The van der Waals surface area contributed by atoms with Gasteiger partial charge in [0, 0.05) is 6.54 Å². The summed E-state index contributed by atoms with van der Waals surface area (Å²) in [4.78, 5) is 2.66. The normalized spacial score (nSPS) is 22.9. The molecule has 14 heavy (non-hydrogen) atoms. The van der Waals surface area contributed by atoms with Gasteiger partial charge in [-0.15, -0.1) is 0 Å². The van der Waals surface area contributed by atoms with Crippen LogP contribution in [0, 0.1) is 17.8 Å². The van der Waals surface area contributed by atoms with Crippen LogP contribution in [0.25, 0.3) is 0 Å². The van der Waals surface area contributed by atoms with E-state index < -0.39 is 0 Å². The van der Waals surface area contributed by atoms with Gasteiger partial charge in [-0.3, -0.25) is 0 Å². The van der Waals surface area contributed by atoms with Gasteiger partial charge in [-0.05, 0) is 50.1 Å². The van der Waals surface area contributed by atoms with Gasteiger partial charge in [0.25, 0.3) is 0 Å². The van der Waals surface area contributed by atoms with Crippen LogP contribution in [0.5, 0.6) is 0 Å². The Balaban J connectivity index is 2.17. The van der Waals surface area contributed by atoms with Crippen molar-refractivity contribution in [2.75, 3.05) is 19.6 Å². The Morgan fingerprint density at radius 3 is 2.21 bits per heavy atom. The highest BCUT2D eigenvalue weighted by molar-refractivity contribution is 4.71. The molecule has 0 N–H and O–H groups in total. The Bertz CT molecular complexity index is 145. The number of piperidine rings is 1. The summed E-state index contributed by atoms with van der Waals surface area (Å²) in [6.45, 7) is 13.4. The molecule has 0 aromatic rings. The molecule has 1 aliphatic rings. The van der Waals surface area contributed by atoms with Gasteiger partial charge in [-0.1, -0.05) is 27.7 Å². The zero-order valence-electron chi connectivity index (χ0n) is 10.4. The van der Waals surface area contributed by atoms with Gasteiger partial charge < -0.3 is 4.90 Å². The molecule has 1 nitrogen and oxygen atoms in total. The molecule has 0 spiro atoms. The second-order valence-electron chi connectivity index (χ2n) is 5.72. The molecule has 1 saturated heterocycles. The van der Waals surface area contributed by atoms with E-state index in [1.54, 1.807) is 0 Å². The first-order valence-corrected chi connectivity index (χ1v) is 6.30.